The number of nitrogens with one attached hydrogen (secondary N) is 1. The predicted octanol–water partition coefficient (Wildman–Crippen LogP) is 5.13. The summed E-state index contributed by atoms with van der Waals surface area (Å²) in [5.41, 5.74) is 3.53. The molecule has 0 bridgehead atoms. The van der Waals surface area contributed by atoms with Crippen molar-refractivity contribution in [2.75, 3.05) is 12.4 Å². The first-order valence-corrected chi connectivity index (χ1v) is 9.44. The summed E-state index contributed by atoms with van der Waals surface area (Å²) in [4.78, 5) is 12.4. The zero-order chi connectivity index (χ0) is 21.3. The number of amides is 1. The Bertz CT molecular complexity index is 1100. The van der Waals surface area contributed by atoms with Crippen LogP contribution >= 0.6 is 0 Å². The quantitative estimate of drug-likeness (QED) is 0.442. The third-order valence-electron chi connectivity index (χ3n) is 4.54. The molecule has 0 fully saturated rings. The minimum absolute atomic E-state index is 0.00511. The van der Waals surface area contributed by atoms with Crippen LogP contribution in [0.4, 0.5) is 5.69 Å². The fraction of sp³-hybridized carbons (Fsp3) is 0.120. The van der Waals surface area contributed by atoms with Crippen LogP contribution in [0.3, 0.4) is 0 Å². The standard InChI is InChI=1S/C25H22N2O3/c1-18-8-6-7-9-20(18)17-30-23-13-12-19(15-24(23)29-2)14-21(16-26)25(28)27-22-10-4-3-5-11-22/h3-15H,17H2,1-2H3,(H,27,28)/b21-14-. The second-order valence-electron chi connectivity index (χ2n) is 6.62. The molecule has 0 heterocycles. The molecule has 1 amide bonds. The summed E-state index contributed by atoms with van der Waals surface area (Å²) < 4.78 is 11.4. The Kier molecular flexibility index (Phi) is 6.86. The molecule has 5 nitrogen and oxygen atoms in total. The highest BCUT2D eigenvalue weighted by Crippen LogP contribution is 2.30. The number of anilines is 1. The second kappa shape index (κ2) is 9.94. The number of carbonyl (C=O) groups excluding carboxylic acids is 1. The van der Waals surface area contributed by atoms with Gasteiger partial charge in [0.25, 0.3) is 5.91 Å². The summed E-state index contributed by atoms with van der Waals surface area (Å²) in [5, 5.41) is 12.1. The number of hydrogen-bond acceptors (Lipinski definition) is 4. The van der Waals surface area contributed by atoms with Crippen LogP contribution in [0.2, 0.25) is 0 Å². The van der Waals surface area contributed by atoms with E-state index in [-0.39, 0.29) is 5.57 Å². The van der Waals surface area contributed by atoms with Crippen LogP contribution in [-0.4, -0.2) is 13.0 Å². The highest BCUT2D eigenvalue weighted by Gasteiger charge is 2.11. The molecule has 0 radical (unpaired) electrons. The van der Waals surface area contributed by atoms with Gasteiger partial charge in [0, 0.05) is 5.69 Å². The van der Waals surface area contributed by atoms with Crippen molar-refractivity contribution < 1.29 is 14.3 Å². The van der Waals surface area contributed by atoms with Gasteiger partial charge in [0.1, 0.15) is 18.2 Å². The van der Waals surface area contributed by atoms with Crippen molar-refractivity contribution in [1.29, 1.82) is 5.26 Å². The first-order chi connectivity index (χ1) is 14.6. The van der Waals surface area contributed by atoms with Crippen LogP contribution in [0.15, 0.2) is 78.4 Å². The Labute approximate surface area is 176 Å². The predicted molar refractivity (Wildman–Crippen MR) is 117 cm³/mol. The summed E-state index contributed by atoms with van der Waals surface area (Å²) in [7, 11) is 1.55. The molecule has 3 aromatic rings. The maximum absolute atomic E-state index is 12.4. The lowest BCUT2D eigenvalue weighted by Gasteiger charge is -2.12. The lowest BCUT2D eigenvalue weighted by molar-refractivity contribution is -0.112. The van der Waals surface area contributed by atoms with Crippen LogP contribution in [-0.2, 0) is 11.4 Å². The molecule has 5 heteroatoms. The van der Waals surface area contributed by atoms with Crippen molar-refractivity contribution in [1.82, 2.24) is 0 Å². The van der Waals surface area contributed by atoms with Crippen molar-refractivity contribution >= 4 is 17.7 Å². The van der Waals surface area contributed by atoms with Crippen LogP contribution in [0.5, 0.6) is 11.5 Å². The van der Waals surface area contributed by atoms with E-state index in [1.54, 1.807) is 37.4 Å². The normalized spacial score (nSPS) is 10.8. The number of carbonyl (C=O) groups is 1. The molecule has 3 rings (SSSR count). The SMILES string of the molecule is COc1cc(/C=C(/C#N)C(=O)Nc2ccccc2)ccc1OCc1ccccc1C. The molecule has 0 aliphatic rings. The van der Waals surface area contributed by atoms with Gasteiger partial charge in [-0.3, -0.25) is 4.79 Å². The highest BCUT2D eigenvalue weighted by molar-refractivity contribution is 6.09. The van der Waals surface area contributed by atoms with E-state index in [2.05, 4.69) is 5.32 Å². The molecule has 0 atom stereocenters. The molecule has 150 valence electrons. The summed E-state index contributed by atoms with van der Waals surface area (Å²) in [6, 6.07) is 24.3. The number of aryl methyl sites for hydroxylation is 1. The van der Waals surface area contributed by atoms with Gasteiger partial charge in [0.15, 0.2) is 11.5 Å². The fourth-order valence-electron chi connectivity index (χ4n) is 2.86. The molecule has 0 unspecified atom stereocenters. The topological polar surface area (TPSA) is 71.3 Å². The van der Waals surface area contributed by atoms with Crippen molar-refractivity contribution in [3.05, 3.63) is 95.1 Å². The molecule has 3 aromatic carbocycles. The Morgan fingerprint density at radius 2 is 1.77 bits per heavy atom. The van der Waals surface area contributed by atoms with Gasteiger partial charge >= 0.3 is 0 Å². The number of ether oxygens (including phenoxy) is 2. The number of nitriles is 1. The molecule has 0 saturated heterocycles. The van der Waals surface area contributed by atoms with E-state index in [0.29, 0.717) is 29.4 Å². The Morgan fingerprint density at radius 3 is 2.47 bits per heavy atom. The smallest absolute Gasteiger partial charge is 0.266 e. The van der Waals surface area contributed by atoms with Crippen molar-refractivity contribution in [3.63, 3.8) is 0 Å². The number of rotatable bonds is 7. The monoisotopic (exact) mass is 398 g/mol. The summed E-state index contributed by atoms with van der Waals surface area (Å²) in [6.45, 7) is 2.45. The number of nitrogens with zero attached hydrogens (tertiary/aromatic N) is 1. The molecular weight excluding hydrogens is 376 g/mol. The first-order valence-electron chi connectivity index (χ1n) is 9.44. The number of hydrogen-bond donors (Lipinski definition) is 1. The van der Waals surface area contributed by atoms with E-state index in [9.17, 15) is 10.1 Å². The third-order valence-corrected chi connectivity index (χ3v) is 4.54. The van der Waals surface area contributed by atoms with Crippen LogP contribution in [0, 0.1) is 18.3 Å². The van der Waals surface area contributed by atoms with E-state index in [0.717, 1.165) is 11.1 Å². The fourth-order valence-corrected chi connectivity index (χ4v) is 2.86. The Balaban J connectivity index is 1.76. The minimum atomic E-state index is -0.470. The molecule has 0 saturated carbocycles. The lowest BCUT2D eigenvalue weighted by Crippen LogP contribution is -2.13. The average Bonchev–Trinajstić information content (AvgIpc) is 2.77. The van der Waals surface area contributed by atoms with Crippen molar-refractivity contribution in [2.45, 2.75) is 13.5 Å². The molecule has 0 spiro atoms. The summed E-state index contributed by atoms with van der Waals surface area (Å²) in [6.07, 6.45) is 1.52. The summed E-state index contributed by atoms with van der Waals surface area (Å²) in [5.74, 6) is 0.644. The summed E-state index contributed by atoms with van der Waals surface area (Å²) >= 11 is 0. The van der Waals surface area contributed by atoms with Gasteiger partial charge in [-0.25, -0.2) is 0 Å². The Hall–Kier alpha value is -4.04. The lowest BCUT2D eigenvalue weighted by atomic mass is 10.1. The maximum atomic E-state index is 12.4. The molecular formula is C25H22N2O3. The van der Waals surface area contributed by atoms with Crippen molar-refractivity contribution in [3.8, 4) is 17.6 Å². The van der Waals surface area contributed by atoms with Gasteiger partial charge in [-0.05, 0) is 54.0 Å². The molecule has 1 N–H and O–H groups in total. The van der Waals surface area contributed by atoms with E-state index in [4.69, 9.17) is 9.47 Å². The second-order valence-corrected chi connectivity index (χ2v) is 6.62. The van der Waals surface area contributed by atoms with Gasteiger partial charge < -0.3 is 14.8 Å². The van der Waals surface area contributed by atoms with E-state index < -0.39 is 5.91 Å². The zero-order valence-electron chi connectivity index (χ0n) is 16.9. The van der Waals surface area contributed by atoms with Crippen LogP contribution in [0.25, 0.3) is 6.08 Å². The van der Waals surface area contributed by atoms with E-state index >= 15 is 0 Å². The maximum Gasteiger partial charge on any atom is 0.266 e. The van der Waals surface area contributed by atoms with Gasteiger partial charge in [-0.1, -0.05) is 48.5 Å². The molecule has 30 heavy (non-hydrogen) atoms. The molecule has 0 aliphatic carbocycles. The number of benzene rings is 3. The van der Waals surface area contributed by atoms with Crippen LogP contribution < -0.4 is 14.8 Å². The Morgan fingerprint density at radius 1 is 1.03 bits per heavy atom. The van der Waals surface area contributed by atoms with Gasteiger partial charge in [0.05, 0.1) is 7.11 Å². The van der Waals surface area contributed by atoms with E-state index in [1.165, 1.54) is 6.08 Å². The molecule has 0 aromatic heterocycles. The van der Waals surface area contributed by atoms with E-state index in [1.807, 2.05) is 55.5 Å². The molecule has 0 aliphatic heterocycles. The first kappa shape index (κ1) is 20.7. The van der Waals surface area contributed by atoms with Crippen molar-refractivity contribution in [2.24, 2.45) is 0 Å². The van der Waals surface area contributed by atoms with Crippen LogP contribution in [0.1, 0.15) is 16.7 Å². The van der Waals surface area contributed by atoms with Gasteiger partial charge in [0.2, 0.25) is 0 Å². The van der Waals surface area contributed by atoms with Gasteiger partial charge in [-0.15, -0.1) is 0 Å². The minimum Gasteiger partial charge on any atom is -0.493 e. The largest absolute Gasteiger partial charge is 0.493 e. The number of methoxy groups -OCH3 is 1. The number of para-hydroxylation sites is 1. The third kappa shape index (κ3) is 5.27. The zero-order valence-corrected chi connectivity index (χ0v) is 16.9. The average molecular weight is 398 g/mol. The highest BCUT2D eigenvalue weighted by atomic mass is 16.5. The van der Waals surface area contributed by atoms with Gasteiger partial charge in [-0.2, -0.15) is 5.26 Å².